The van der Waals surface area contributed by atoms with Crippen molar-refractivity contribution < 1.29 is 20.1 Å². The molecule has 124 valence electrons. The minimum Gasteiger partial charge on any atom is -0.508 e. The van der Waals surface area contributed by atoms with Crippen molar-refractivity contribution in [2.75, 3.05) is 13.7 Å². The number of phenolic OH excluding ortho intramolecular Hbond substituents is 1. The van der Waals surface area contributed by atoms with Gasteiger partial charge in [-0.3, -0.25) is 4.79 Å². The zero-order chi connectivity index (χ0) is 16.7. The van der Waals surface area contributed by atoms with Gasteiger partial charge in [-0.1, -0.05) is 23.2 Å². The number of rotatable bonds is 1. The van der Waals surface area contributed by atoms with E-state index >= 15 is 0 Å². The van der Waals surface area contributed by atoms with E-state index < -0.39 is 0 Å². The molecule has 2 fully saturated rings. The molecule has 1 aliphatic heterocycles. The maximum absolute atomic E-state index is 11.2. The number of aliphatic hydroxyl groups is 2. The van der Waals surface area contributed by atoms with E-state index in [0.717, 1.165) is 32.9 Å². The summed E-state index contributed by atoms with van der Waals surface area (Å²) < 4.78 is 0. The van der Waals surface area contributed by atoms with Crippen molar-refractivity contribution in [3.8, 4) is 5.75 Å². The van der Waals surface area contributed by atoms with E-state index in [-0.39, 0.29) is 17.8 Å². The Bertz CT molecular complexity index is 492. The second-order valence-electron chi connectivity index (χ2n) is 5.07. The summed E-state index contributed by atoms with van der Waals surface area (Å²) in [5, 5.41) is 25.6. The van der Waals surface area contributed by atoms with Crippen molar-refractivity contribution in [1.82, 2.24) is 4.90 Å². The minimum atomic E-state index is -0.145. The summed E-state index contributed by atoms with van der Waals surface area (Å²) in [5.74, 6) is 0.409. The number of hydrogen-bond acceptors (Lipinski definition) is 4. The van der Waals surface area contributed by atoms with Crippen LogP contribution in [-0.2, 0) is 4.79 Å². The largest absolute Gasteiger partial charge is 0.508 e. The molecule has 5 nitrogen and oxygen atoms in total. The highest BCUT2D eigenvalue weighted by Crippen LogP contribution is 2.28. The molecule has 22 heavy (non-hydrogen) atoms. The molecule has 0 aromatic heterocycles. The Morgan fingerprint density at radius 1 is 1.18 bits per heavy atom. The lowest BCUT2D eigenvalue weighted by molar-refractivity contribution is -0.133. The van der Waals surface area contributed by atoms with Crippen molar-refractivity contribution in [3.05, 3.63) is 28.2 Å². The van der Waals surface area contributed by atoms with E-state index in [1.54, 1.807) is 6.07 Å². The molecular weight excluding hydrogens is 329 g/mol. The quantitative estimate of drug-likeness (QED) is 0.727. The second kappa shape index (κ2) is 9.20. The monoisotopic (exact) mass is 349 g/mol. The van der Waals surface area contributed by atoms with E-state index in [4.69, 9.17) is 38.5 Å². The molecule has 1 saturated carbocycles. The number of nitrogens with zero attached hydrogens (tertiary/aromatic N) is 1. The minimum absolute atomic E-state index is 0.129. The molecule has 1 aliphatic carbocycles. The van der Waals surface area contributed by atoms with E-state index in [0.29, 0.717) is 22.5 Å². The maximum atomic E-state index is 11.2. The predicted octanol–water partition coefficient (Wildman–Crippen LogP) is 2.44. The van der Waals surface area contributed by atoms with Crippen LogP contribution in [0.15, 0.2) is 18.2 Å². The lowest BCUT2D eigenvalue weighted by Gasteiger charge is -2.38. The highest BCUT2D eigenvalue weighted by molar-refractivity contribution is 6.42. The molecule has 0 radical (unpaired) electrons. The molecule has 0 spiro atoms. The average Bonchev–Trinajstić information content (AvgIpc) is 2.89. The Kier molecular flexibility index (Phi) is 7.96. The molecule has 0 atom stereocenters. The van der Waals surface area contributed by atoms with Gasteiger partial charge in [0.2, 0.25) is 5.91 Å². The lowest BCUT2D eigenvalue weighted by Crippen LogP contribution is -2.47. The van der Waals surface area contributed by atoms with Crippen LogP contribution in [0, 0.1) is 0 Å². The van der Waals surface area contributed by atoms with Gasteiger partial charge in [-0.2, -0.15) is 0 Å². The molecule has 7 heteroatoms. The molecule has 1 aromatic carbocycles. The number of halogens is 2. The SMILES string of the molecule is CO.O=C1CCCN1C1CC(O)C1.Oc1ccc(Cl)c(Cl)c1. The first-order valence-corrected chi connectivity index (χ1v) is 7.79. The first kappa shape index (κ1) is 19.0. The summed E-state index contributed by atoms with van der Waals surface area (Å²) in [4.78, 5) is 13.1. The summed E-state index contributed by atoms with van der Waals surface area (Å²) in [5.41, 5.74) is 0. The number of likely N-dealkylation sites (tertiary alicyclic amines) is 1. The van der Waals surface area contributed by atoms with Gasteiger partial charge in [0, 0.05) is 26.1 Å². The van der Waals surface area contributed by atoms with E-state index in [9.17, 15) is 4.79 Å². The lowest BCUT2D eigenvalue weighted by atomic mass is 9.88. The number of hydrogen-bond donors (Lipinski definition) is 3. The number of benzene rings is 1. The maximum Gasteiger partial charge on any atom is 0.222 e. The Labute approximate surface area is 140 Å². The molecule has 0 unspecified atom stereocenters. The number of amides is 1. The molecule has 1 amide bonds. The summed E-state index contributed by atoms with van der Waals surface area (Å²) in [6.45, 7) is 0.913. The molecule has 1 heterocycles. The van der Waals surface area contributed by atoms with E-state index in [1.807, 2.05) is 4.90 Å². The van der Waals surface area contributed by atoms with Gasteiger partial charge in [-0.15, -0.1) is 0 Å². The zero-order valence-corrected chi connectivity index (χ0v) is 13.9. The predicted molar refractivity (Wildman–Crippen MR) is 86.2 cm³/mol. The van der Waals surface area contributed by atoms with Gasteiger partial charge in [0.05, 0.1) is 16.1 Å². The van der Waals surface area contributed by atoms with Crippen molar-refractivity contribution in [3.63, 3.8) is 0 Å². The topological polar surface area (TPSA) is 81.0 Å². The molecule has 1 aromatic rings. The number of phenols is 1. The summed E-state index contributed by atoms with van der Waals surface area (Å²) >= 11 is 11.1. The van der Waals surface area contributed by atoms with Crippen molar-refractivity contribution >= 4 is 29.1 Å². The van der Waals surface area contributed by atoms with Crippen molar-refractivity contribution in [2.45, 2.75) is 37.8 Å². The zero-order valence-electron chi connectivity index (χ0n) is 12.4. The average molecular weight is 350 g/mol. The van der Waals surface area contributed by atoms with E-state index in [2.05, 4.69) is 0 Å². The fourth-order valence-electron chi connectivity index (χ4n) is 2.35. The van der Waals surface area contributed by atoms with Crippen LogP contribution < -0.4 is 0 Å². The van der Waals surface area contributed by atoms with Gasteiger partial charge < -0.3 is 20.2 Å². The number of aliphatic hydroxyl groups excluding tert-OH is 2. The Hall–Kier alpha value is -1.01. The number of carbonyl (C=O) groups is 1. The Balaban J connectivity index is 0.000000202. The van der Waals surface area contributed by atoms with Crippen molar-refractivity contribution in [1.29, 1.82) is 0 Å². The second-order valence-corrected chi connectivity index (χ2v) is 5.88. The smallest absolute Gasteiger partial charge is 0.222 e. The molecule has 0 bridgehead atoms. The summed E-state index contributed by atoms with van der Waals surface area (Å²) in [7, 11) is 1.00. The normalized spacial score (nSPS) is 23.0. The van der Waals surface area contributed by atoms with Gasteiger partial charge in [0.1, 0.15) is 5.75 Å². The van der Waals surface area contributed by atoms with Gasteiger partial charge in [-0.05, 0) is 37.5 Å². The fourth-order valence-corrected chi connectivity index (χ4v) is 2.65. The van der Waals surface area contributed by atoms with E-state index in [1.165, 1.54) is 12.1 Å². The number of carbonyl (C=O) groups excluding carboxylic acids is 1. The van der Waals surface area contributed by atoms with Crippen LogP contribution in [0.2, 0.25) is 10.0 Å². The van der Waals surface area contributed by atoms with Crippen LogP contribution in [0.1, 0.15) is 25.7 Å². The molecule has 3 N–H and O–H groups in total. The van der Waals surface area contributed by atoms with Gasteiger partial charge in [-0.25, -0.2) is 0 Å². The first-order valence-electron chi connectivity index (χ1n) is 7.03. The molecule has 3 rings (SSSR count). The van der Waals surface area contributed by atoms with Crippen LogP contribution in [0.25, 0.3) is 0 Å². The third kappa shape index (κ3) is 5.32. The third-order valence-electron chi connectivity index (χ3n) is 3.54. The fraction of sp³-hybridized carbons (Fsp3) is 0.533. The number of aromatic hydroxyl groups is 1. The molecule has 2 aliphatic rings. The highest BCUT2D eigenvalue weighted by Gasteiger charge is 2.36. The highest BCUT2D eigenvalue weighted by atomic mass is 35.5. The molecular formula is C15H21Cl2NO4. The van der Waals surface area contributed by atoms with Crippen molar-refractivity contribution in [2.24, 2.45) is 0 Å². The first-order chi connectivity index (χ1) is 10.5. The Morgan fingerprint density at radius 3 is 2.23 bits per heavy atom. The summed E-state index contributed by atoms with van der Waals surface area (Å²) in [6, 6.07) is 4.78. The van der Waals surface area contributed by atoms with Gasteiger partial charge in [0.25, 0.3) is 0 Å². The van der Waals surface area contributed by atoms with Gasteiger partial charge >= 0.3 is 0 Å². The van der Waals surface area contributed by atoms with Crippen LogP contribution in [0.3, 0.4) is 0 Å². The van der Waals surface area contributed by atoms with Crippen LogP contribution in [0.4, 0.5) is 0 Å². The van der Waals surface area contributed by atoms with Gasteiger partial charge in [0.15, 0.2) is 0 Å². The van der Waals surface area contributed by atoms with Crippen LogP contribution in [0.5, 0.6) is 5.75 Å². The molecule has 1 saturated heterocycles. The Morgan fingerprint density at radius 2 is 1.82 bits per heavy atom. The summed E-state index contributed by atoms with van der Waals surface area (Å²) in [6.07, 6.45) is 3.17. The van der Waals surface area contributed by atoms with Crippen LogP contribution >= 0.6 is 23.2 Å². The van der Waals surface area contributed by atoms with Crippen LogP contribution in [-0.4, -0.2) is 51.9 Å². The third-order valence-corrected chi connectivity index (χ3v) is 4.28. The standard InChI is InChI=1S/C8H13NO2.C6H4Cl2O.CH4O/c10-7-4-6(5-7)9-3-1-2-8(9)11;7-5-2-1-4(9)3-6(5)8;1-2/h6-7,10H,1-5H2;1-3,9H;2H,1H3.